The summed E-state index contributed by atoms with van der Waals surface area (Å²) in [5.74, 6) is -3.11. The number of rotatable bonds is 6. The summed E-state index contributed by atoms with van der Waals surface area (Å²) in [4.78, 5) is 24.6. The quantitative estimate of drug-likeness (QED) is 0.480. The number of anilines is 1. The first-order valence-electron chi connectivity index (χ1n) is 9.74. The van der Waals surface area contributed by atoms with Crippen molar-refractivity contribution in [2.75, 3.05) is 11.9 Å². The minimum Gasteiger partial charge on any atom is -0.343 e. The largest absolute Gasteiger partial charge is 0.343 e. The Bertz CT molecular complexity index is 1270. The highest BCUT2D eigenvalue weighted by Gasteiger charge is 2.12. The van der Waals surface area contributed by atoms with E-state index in [0.717, 1.165) is 23.4 Å². The van der Waals surface area contributed by atoms with Gasteiger partial charge in [-0.2, -0.15) is 5.10 Å². The van der Waals surface area contributed by atoms with Crippen molar-refractivity contribution in [2.24, 2.45) is 0 Å². The second-order valence-corrected chi connectivity index (χ2v) is 6.90. The molecule has 0 aliphatic rings. The molecule has 0 bridgehead atoms. The topological polar surface area (TPSA) is 76.0 Å². The van der Waals surface area contributed by atoms with E-state index in [-0.39, 0.29) is 12.2 Å². The van der Waals surface area contributed by atoms with E-state index in [1.807, 2.05) is 42.5 Å². The van der Waals surface area contributed by atoms with Crippen LogP contribution in [0.15, 0.2) is 85.1 Å². The molecule has 0 aliphatic heterocycles. The smallest absolute Gasteiger partial charge is 0.251 e. The van der Waals surface area contributed by atoms with Gasteiger partial charge in [0.05, 0.1) is 24.1 Å². The van der Waals surface area contributed by atoms with Crippen LogP contribution in [0, 0.1) is 11.6 Å². The first kappa shape index (κ1) is 20.9. The van der Waals surface area contributed by atoms with Crippen molar-refractivity contribution in [3.05, 3.63) is 102 Å². The summed E-state index contributed by atoms with van der Waals surface area (Å²) in [6.45, 7) is -0.334. The lowest BCUT2D eigenvalue weighted by Crippen LogP contribution is -2.32. The monoisotopic (exact) mass is 432 g/mol. The normalized spacial score (nSPS) is 10.6. The molecule has 0 radical (unpaired) electrons. The third-order valence-corrected chi connectivity index (χ3v) is 4.68. The third-order valence-electron chi connectivity index (χ3n) is 4.68. The van der Waals surface area contributed by atoms with Crippen LogP contribution < -0.4 is 10.6 Å². The van der Waals surface area contributed by atoms with Crippen LogP contribution in [0.3, 0.4) is 0 Å². The Hall–Kier alpha value is -4.33. The van der Waals surface area contributed by atoms with E-state index in [2.05, 4.69) is 15.7 Å². The summed E-state index contributed by atoms with van der Waals surface area (Å²) in [6.07, 6.45) is 1.68. The van der Waals surface area contributed by atoms with Gasteiger partial charge in [0, 0.05) is 22.9 Å². The molecule has 0 aliphatic carbocycles. The van der Waals surface area contributed by atoms with Crippen molar-refractivity contribution in [1.29, 1.82) is 0 Å². The number of nitrogens with zero attached hydrogens (tertiary/aromatic N) is 2. The van der Waals surface area contributed by atoms with Gasteiger partial charge in [-0.05, 0) is 36.4 Å². The van der Waals surface area contributed by atoms with Gasteiger partial charge in [-0.3, -0.25) is 9.59 Å². The molecule has 0 spiro atoms. The summed E-state index contributed by atoms with van der Waals surface area (Å²) < 4.78 is 28.0. The molecule has 0 saturated heterocycles. The SMILES string of the molecule is O=C(CNC(=O)c1cccc(-n2nccc2-c2ccccc2)c1)Nc1ccc(F)c(F)c1. The maximum atomic E-state index is 13.3. The van der Waals surface area contributed by atoms with Gasteiger partial charge in [-0.25, -0.2) is 13.5 Å². The molecule has 32 heavy (non-hydrogen) atoms. The number of amides is 2. The zero-order valence-electron chi connectivity index (χ0n) is 16.8. The minimum atomic E-state index is -1.07. The molecule has 2 amide bonds. The molecule has 3 aromatic carbocycles. The van der Waals surface area contributed by atoms with E-state index in [1.165, 1.54) is 6.07 Å². The Morgan fingerprint density at radius 1 is 0.875 bits per heavy atom. The van der Waals surface area contributed by atoms with Gasteiger partial charge in [0.15, 0.2) is 11.6 Å². The zero-order valence-corrected chi connectivity index (χ0v) is 16.8. The van der Waals surface area contributed by atoms with E-state index in [9.17, 15) is 18.4 Å². The number of benzene rings is 3. The molecule has 1 aromatic heterocycles. The van der Waals surface area contributed by atoms with Crippen molar-refractivity contribution < 1.29 is 18.4 Å². The zero-order chi connectivity index (χ0) is 22.5. The van der Waals surface area contributed by atoms with Crippen molar-refractivity contribution in [3.63, 3.8) is 0 Å². The van der Waals surface area contributed by atoms with Gasteiger partial charge in [0.25, 0.3) is 5.91 Å². The highest BCUT2D eigenvalue weighted by atomic mass is 19.2. The molecule has 0 atom stereocenters. The van der Waals surface area contributed by atoms with Gasteiger partial charge >= 0.3 is 0 Å². The van der Waals surface area contributed by atoms with E-state index < -0.39 is 23.4 Å². The lowest BCUT2D eigenvalue weighted by atomic mass is 10.1. The maximum Gasteiger partial charge on any atom is 0.251 e. The van der Waals surface area contributed by atoms with Crippen molar-refractivity contribution in [2.45, 2.75) is 0 Å². The van der Waals surface area contributed by atoms with Crippen molar-refractivity contribution in [1.82, 2.24) is 15.1 Å². The molecule has 0 saturated carbocycles. The van der Waals surface area contributed by atoms with E-state index >= 15 is 0 Å². The molecule has 2 N–H and O–H groups in total. The van der Waals surface area contributed by atoms with Crippen LogP contribution in [0.4, 0.5) is 14.5 Å². The van der Waals surface area contributed by atoms with E-state index in [4.69, 9.17) is 0 Å². The number of halogens is 2. The molecule has 0 unspecified atom stereocenters. The Morgan fingerprint density at radius 3 is 2.47 bits per heavy atom. The van der Waals surface area contributed by atoms with Crippen LogP contribution in [-0.2, 0) is 4.79 Å². The first-order valence-corrected chi connectivity index (χ1v) is 9.74. The summed E-state index contributed by atoms with van der Waals surface area (Å²) in [7, 11) is 0. The average Bonchev–Trinajstić information content (AvgIpc) is 3.31. The van der Waals surface area contributed by atoms with Crippen LogP contribution in [0.25, 0.3) is 16.9 Å². The Morgan fingerprint density at radius 2 is 1.69 bits per heavy atom. The standard InChI is InChI=1S/C24H18F2N4O2/c25-20-10-9-18(14-21(20)26)29-23(31)15-27-24(32)17-7-4-8-19(13-17)30-22(11-12-28-30)16-5-2-1-3-6-16/h1-14H,15H2,(H,27,32)(H,29,31). The first-order chi connectivity index (χ1) is 15.5. The van der Waals surface area contributed by atoms with Crippen molar-refractivity contribution >= 4 is 17.5 Å². The number of hydrogen-bond acceptors (Lipinski definition) is 3. The van der Waals surface area contributed by atoms with Crippen LogP contribution >= 0.6 is 0 Å². The number of nitrogens with one attached hydrogen (secondary N) is 2. The molecule has 4 rings (SSSR count). The molecule has 4 aromatic rings. The van der Waals surface area contributed by atoms with Gasteiger partial charge in [-0.15, -0.1) is 0 Å². The van der Waals surface area contributed by atoms with Gasteiger partial charge < -0.3 is 10.6 Å². The predicted octanol–water partition coefficient (Wildman–Crippen LogP) is 4.19. The summed E-state index contributed by atoms with van der Waals surface area (Å²) in [5.41, 5.74) is 2.98. The van der Waals surface area contributed by atoms with Crippen LogP contribution in [0.2, 0.25) is 0 Å². The fraction of sp³-hybridized carbons (Fsp3) is 0.0417. The Labute approximate surface area is 182 Å². The Kier molecular flexibility index (Phi) is 6.03. The highest BCUT2D eigenvalue weighted by molar-refractivity contribution is 5.99. The molecular formula is C24H18F2N4O2. The number of carbonyl (C=O) groups is 2. The molecule has 8 heteroatoms. The van der Waals surface area contributed by atoms with Crippen LogP contribution in [0.1, 0.15) is 10.4 Å². The van der Waals surface area contributed by atoms with Crippen LogP contribution in [0.5, 0.6) is 0 Å². The van der Waals surface area contributed by atoms with Gasteiger partial charge in [0.1, 0.15) is 0 Å². The van der Waals surface area contributed by atoms with Crippen molar-refractivity contribution in [3.8, 4) is 16.9 Å². The lowest BCUT2D eigenvalue weighted by molar-refractivity contribution is -0.115. The summed E-state index contributed by atoms with van der Waals surface area (Å²) in [6, 6.07) is 21.5. The second kappa shape index (κ2) is 9.22. The molecule has 0 fully saturated rings. The number of carbonyl (C=O) groups excluding carboxylic acids is 2. The number of aromatic nitrogens is 2. The Balaban J connectivity index is 1.44. The molecule has 6 nitrogen and oxygen atoms in total. The maximum absolute atomic E-state index is 13.3. The third kappa shape index (κ3) is 4.70. The van der Waals surface area contributed by atoms with Gasteiger partial charge in [-0.1, -0.05) is 36.4 Å². The van der Waals surface area contributed by atoms with E-state index in [0.29, 0.717) is 11.3 Å². The number of hydrogen-bond donors (Lipinski definition) is 2. The van der Waals surface area contributed by atoms with Gasteiger partial charge in [0.2, 0.25) is 5.91 Å². The predicted molar refractivity (Wildman–Crippen MR) is 116 cm³/mol. The van der Waals surface area contributed by atoms with E-state index in [1.54, 1.807) is 29.1 Å². The molecule has 160 valence electrons. The van der Waals surface area contributed by atoms with Crippen LogP contribution in [-0.4, -0.2) is 28.1 Å². The summed E-state index contributed by atoms with van der Waals surface area (Å²) >= 11 is 0. The highest BCUT2D eigenvalue weighted by Crippen LogP contribution is 2.22. The fourth-order valence-corrected chi connectivity index (χ4v) is 3.16. The lowest BCUT2D eigenvalue weighted by Gasteiger charge is -2.10. The minimum absolute atomic E-state index is 0.0947. The summed E-state index contributed by atoms with van der Waals surface area (Å²) in [5, 5.41) is 9.28. The average molecular weight is 432 g/mol. The molecule has 1 heterocycles. The second-order valence-electron chi connectivity index (χ2n) is 6.90. The fourth-order valence-electron chi connectivity index (χ4n) is 3.16. The molecular weight excluding hydrogens is 414 g/mol.